The number of hydrogen-bond donors (Lipinski definition) is 2. The molecule has 0 bridgehead atoms. The van der Waals surface area contributed by atoms with Crippen LogP contribution in [-0.4, -0.2) is 31.1 Å². The Morgan fingerprint density at radius 1 is 1.47 bits per heavy atom. The molecule has 1 aliphatic rings. The molecule has 2 rings (SSSR count). The normalized spacial score (nSPS) is 18.6. The van der Waals surface area contributed by atoms with Gasteiger partial charge in [0.1, 0.15) is 5.75 Å². The summed E-state index contributed by atoms with van der Waals surface area (Å²) >= 11 is 3.41. The minimum atomic E-state index is -0.0522. The van der Waals surface area contributed by atoms with E-state index in [1.807, 2.05) is 26.0 Å². The van der Waals surface area contributed by atoms with Gasteiger partial charge < -0.3 is 15.4 Å². The summed E-state index contributed by atoms with van der Waals surface area (Å²) < 4.78 is 6.48. The van der Waals surface area contributed by atoms with E-state index >= 15 is 0 Å². The van der Waals surface area contributed by atoms with Gasteiger partial charge in [-0.05, 0) is 45.0 Å². The van der Waals surface area contributed by atoms with Crippen molar-refractivity contribution in [3.63, 3.8) is 0 Å². The molecule has 5 heteroatoms. The molecule has 1 fully saturated rings. The van der Waals surface area contributed by atoms with Gasteiger partial charge in [-0.15, -0.1) is 0 Å². The lowest BCUT2D eigenvalue weighted by Gasteiger charge is -2.14. The molecular formula is C14H19BrN2O2. The maximum absolute atomic E-state index is 12.2. The molecule has 2 N–H and O–H groups in total. The van der Waals surface area contributed by atoms with Crippen LogP contribution in [0.25, 0.3) is 0 Å². The van der Waals surface area contributed by atoms with E-state index in [4.69, 9.17) is 4.74 Å². The lowest BCUT2D eigenvalue weighted by Crippen LogP contribution is -2.36. The molecular weight excluding hydrogens is 308 g/mol. The molecule has 1 aromatic rings. The largest absolute Gasteiger partial charge is 0.491 e. The van der Waals surface area contributed by atoms with Gasteiger partial charge in [-0.25, -0.2) is 0 Å². The van der Waals surface area contributed by atoms with Crippen LogP contribution in [0.15, 0.2) is 22.7 Å². The van der Waals surface area contributed by atoms with Gasteiger partial charge in [-0.1, -0.05) is 15.9 Å². The first-order chi connectivity index (χ1) is 9.04. The molecule has 1 aromatic carbocycles. The Morgan fingerprint density at radius 2 is 2.26 bits per heavy atom. The second kappa shape index (κ2) is 6.39. The fourth-order valence-electron chi connectivity index (χ4n) is 2.08. The zero-order valence-corrected chi connectivity index (χ0v) is 12.8. The summed E-state index contributed by atoms with van der Waals surface area (Å²) in [7, 11) is 0. The first-order valence-electron chi connectivity index (χ1n) is 6.53. The summed E-state index contributed by atoms with van der Waals surface area (Å²) in [6.07, 6.45) is 1.07. The molecule has 104 valence electrons. The van der Waals surface area contributed by atoms with Gasteiger partial charge in [0, 0.05) is 22.6 Å². The van der Waals surface area contributed by atoms with E-state index in [9.17, 15) is 4.79 Å². The van der Waals surface area contributed by atoms with E-state index in [-0.39, 0.29) is 18.1 Å². The Morgan fingerprint density at radius 3 is 2.89 bits per heavy atom. The molecule has 1 atom stereocenters. The number of hydrogen-bond acceptors (Lipinski definition) is 3. The van der Waals surface area contributed by atoms with Gasteiger partial charge >= 0.3 is 0 Å². The molecule has 0 saturated carbocycles. The average molecular weight is 327 g/mol. The van der Waals surface area contributed by atoms with Crippen molar-refractivity contribution in [2.45, 2.75) is 32.4 Å². The van der Waals surface area contributed by atoms with E-state index in [0.717, 1.165) is 24.0 Å². The van der Waals surface area contributed by atoms with Crippen LogP contribution in [0.4, 0.5) is 0 Å². The second-order valence-corrected chi connectivity index (χ2v) is 5.92. The predicted molar refractivity (Wildman–Crippen MR) is 78.6 cm³/mol. The monoisotopic (exact) mass is 326 g/mol. The van der Waals surface area contributed by atoms with Crippen LogP contribution in [0.3, 0.4) is 0 Å². The third-order valence-electron chi connectivity index (χ3n) is 2.90. The smallest absolute Gasteiger partial charge is 0.251 e. The van der Waals surface area contributed by atoms with Gasteiger partial charge in [0.15, 0.2) is 0 Å². The number of rotatable bonds is 4. The molecule has 0 spiro atoms. The maximum Gasteiger partial charge on any atom is 0.251 e. The predicted octanol–water partition coefficient (Wildman–Crippen LogP) is 2.33. The minimum absolute atomic E-state index is 0.0522. The van der Waals surface area contributed by atoms with Crippen LogP contribution < -0.4 is 15.4 Å². The number of nitrogens with one attached hydrogen (secondary N) is 2. The van der Waals surface area contributed by atoms with Crippen molar-refractivity contribution in [3.05, 3.63) is 28.2 Å². The van der Waals surface area contributed by atoms with E-state index < -0.39 is 0 Å². The van der Waals surface area contributed by atoms with Gasteiger partial charge in [0.05, 0.1) is 6.10 Å². The number of carbonyl (C=O) groups excluding carboxylic acids is 1. The summed E-state index contributed by atoms with van der Waals surface area (Å²) in [6.45, 7) is 5.73. The summed E-state index contributed by atoms with van der Waals surface area (Å²) in [5.41, 5.74) is 0.622. The van der Waals surface area contributed by atoms with Crippen molar-refractivity contribution in [2.24, 2.45) is 0 Å². The molecule has 1 amide bonds. The average Bonchev–Trinajstić information content (AvgIpc) is 2.80. The highest BCUT2D eigenvalue weighted by Crippen LogP contribution is 2.22. The fourth-order valence-corrected chi connectivity index (χ4v) is 2.55. The Bertz CT molecular complexity index is 457. The first-order valence-corrected chi connectivity index (χ1v) is 7.32. The molecule has 1 aliphatic heterocycles. The number of halogens is 1. The van der Waals surface area contributed by atoms with Crippen molar-refractivity contribution in [2.75, 3.05) is 13.1 Å². The SMILES string of the molecule is CC(C)Oc1cc(Br)cc(C(=O)NC2CCNC2)c1. The highest BCUT2D eigenvalue weighted by molar-refractivity contribution is 9.10. The van der Waals surface area contributed by atoms with Crippen molar-refractivity contribution in [3.8, 4) is 5.75 Å². The van der Waals surface area contributed by atoms with Crippen LogP contribution in [0.5, 0.6) is 5.75 Å². The van der Waals surface area contributed by atoms with Crippen LogP contribution >= 0.6 is 15.9 Å². The summed E-state index contributed by atoms with van der Waals surface area (Å²) in [6, 6.07) is 5.68. The molecule has 19 heavy (non-hydrogen) atoms. The zero-order chi connectivity index (χ0) is 13.8. The zero-order valence-electron chi connectivity index (χ0n) is 11.2. The van der Waals surface area contributed by atoms with Crippen molar-refractivity contribution >= 4 is 21.8 Å². The molecule has 1 saturated heterocycles. The van der Waals surface area contributed by atoms with E-state index in [1.54, 1.807) is 6.07 Å². The van der Waals surface area contributed by atoms with Crippen molar-refractivity contribution in [1.29, 1.82) is 0 Å². The number of benzene rings is 1. The maximum atomic E-state index is 12.2. The quantitative estimate of drug-likeness (QED) is 0.892. The van der Waals surface area contributed by atoms with Crippen LogP contribution in [0.2, 0.25) is 0 Å². The van der Waals surface area contributed by atoms with Gasteiger partial charge in [-0.2, -0.15) is 0 Å². The van der Waals surface area contributed by atoms with Crippen LogP contribution in [0, 0.1) is 0 Å². The van der Waals surface area contributed by atoms with E-state index in [0.29, 0.717) is 11.3 Å². The van der Waals surface area contributed by atoms with Gasteiger partial charge in [0.2, 0.25) is 0 Å². The van der Waals surface area contributed by atoms with Gasteiger partial charge in [-0.3, -0.25) is 4.79 Å². The van der Waals surface area contributed by atoms with E-state index in [1.165, 1.54) is 0 Å². The Balaban J connectivity index is 2.09. The van der Waals surface area contributed by atoms with E-state index in [2.05, 4.69) is 26.6 Å². The molecule has 1 unspecified atom stereocenters. The minimum Gasteiger partial charge on any atom is -0.491 e. The standard InChI is InChI=1S/C14H19BrN2O2/c1-9(2)19-13-6-10(5-11(15)7-13)14(18)17-12-3-4-16-8-12/h5-7,9,12,16H,3-4,8H2,1-2H3,(H,17,18). The van der Waals surface area contributed by atoms with Crippen molar-refractivity contribution < 1.29 is 9.53 Å². The number of ether oxygens (including phenoxy) is 1. The van der Waals surface area contributed by atoms with Gasteiger partial charge in [0.25, 0.3) is 5.91 Å². The third kappa shape index (κ3) is 4.21. The summed E-state index contributed by atoms with van der Waals surface area (Å²) in [5.74, 6) is 0.655. The van der Waals surface area contributed by atoms with Crippen molar-refractivity contribution in [1.82, 2.24) is 10.6 Å². The molecule has 1 heterocycles. The Labute approximate surface area is 122 Å². The first kappa shape index (κ1) is 14.3. The molecule has 0 radical (unpaired) electrons. The lowest BCUT2D eigenvalue weighted by atomic mass is 10.1. The van der Waals surface area contributed by atoms with Crippen LogP contribution in [0.1, 0.15) is 30.6 Å². The fraction of sp³-hybridized carbons (Fsp3) is 0.500. The molecule has 0 aromatic heterocycles. The summed E-state index contributed by atoms with van der Waals surface area (Å²) in [4.78, 5) is 12.2. The molecule has 0 aliphatic carbocycles. The number of amides is 1. The highest BCUT2D eigenvalue weighted by Gasteiger charge is 2.18. The topological polar surface area (TPSA) is 50.4 Å². The van der Waals surface area contributed by atoms with Crippen LogP contribution in [-0.2, 0) is 0 Å². The Hall–Kier alpha value is -1.07. The second-order valence-electron chi connectivity index (χ2n) is 5.01. The number of carbonyl (C=O) groups is 1. The Kier molecular flexibility index (Phi) is 4.82. The third-order valence-corrected chi connectivity index (χ3v) is 3.36. The summed E-state index contributed by atoms with van der Waals surface area (Å²) in [5, 5.41) is 6.25. The molecule has 4 nitrogen and oxygen atoms in total. The lowest BCUT2D eigenvalue weighted by molar-refractivity contribution is 0.0939. The highest BCUT2D eigenvalue weighted by atomic mass is 79.9.